The highest BCUT2D eigenvalue weighted by Crippen LogP contribution is 2.18. The van der Waals surface area contributed by atoms with Crippen LogP contribution >= 0.6 is 11.6 Å². The number of amides is 1. The molecule has 2 N–H and O–H groups in total. The highest BCUT2D eigenvalue weighted by atomic mass is 35.5. The molecule has 0 spiro atoms. The molecule has 1 atom stereocenters. The second-order valence-corrected chi connectivity index (χ2v) is 4.50. The first kappa shape index (κ1) is 14.8. The second-order valence-electron chi connectivity index (χ2n) is 4.12. The quantitative estimate of drug-likeness (QED) is 0.779. The molecule has 0 aromatic heterocycles. The van der Waals surface area contributed by atoms with E-state index < -0.39 is 0 Å². The number of halogens is 1. The van der Waals surface area contributed by atoms with Gasteiger partial charge in [0.1, 0.15) is 5.75 Å². The Kier molecular flexibility index (Phi) is 5.95. The number of aromatic hydroxyl groups is 1. The molecular weight excluding hydrogens is 254 g/mol. The van der Waals surface area contributed by atoms with E-state index in [1.165, 1.54) is 6.07 Å². The third-order valence-electron chi connectivity index (χ3n) is 2.56. The first-order valence-corrected chi connectivity index (χ1v) is 6.27. The van der Waals surface area contributed by atoms with Gasteiger partial charge in [-0.15, -0.1) is 11.6 Å². The number of ether oxygens (including phenoxy) is 1. The van der Waals surface area contributed by atoms with Gasteiger partial charge in [0.05, 0.1) is 18.2 Å². The lowest BCUT2D eigenvalue weighted by molar-refractivity contribution is 0.0892. The van der Waals surface area contributed by atoms with Crippen LogP contribution in [0.4, 0.5) is 0 Å². The normalized spacial score (nSPS) is 12.2. The van der Waals surface area contributed by atoms with E-state index in [4.69, 9.17) is 16.3 Å². The number of phenolic OH excluding ortho intramolecular Hbond substituents is 1. The zero-order chi connectivity index (χ0) is 13.5. The average molecular weight is 272 g/mol. The van der Waals surface area contributed by atoms with E-state index >= 15 is 0 Å². The molecule has 0 heterocycles. The smallest absolute Gasteiger partial charge is 0.255 e. The van der Waals surface area contributed by atoms with Crippen molar-refractivity contribution < 1.29 is 14.6 Å². The number of hydrogen-bond acceptors (Lipinski definition) is 3. The number of alkyl halides is 1. The number of nitrogens with one attached hydrogen (secondary N) is 1. The Morgan fingerprint density at radius 1 is 1.56 bits per heavy atom. The molecule has 100 valence electrons. The van der Waals surface area contributed by atoms with E-state index in [2.05, 4.69) is 5.32 Å². The topological polar surface area (TPSA) is 58.6 Å². The lowest BCUT2D eigenvalue weighted by atomic mass is 10.1. The Morgan fingerprint density at radius 3 is 2.89 bits per heavy atom. The number of aryl methyl sites for hydroxylation is 1. The summed E-state index contributed by atoms with van der Waals surface area (Å²) in [4.78, 5) is 12.0. The molecule has 0 aliphatic carbocycles. The summed E-state index contributed by atoms with van der Waals surface area (Å²) in [5, 5.41) is 12.5. The number of rotatable bonds is 6. The van der Waals surface area contributed by atoms with Crippen molar-refractivity contribution in [1.82, 2.24) is 5.32 Å². The molecule has 5 heteroatoms. The summed E-state index contributed by atoms with van der Waals surface area (Å²) in [5.41, 5.74) is 1.18. The van der Waals surface area contributed by atoms with Gasteiger partial charge in [-0.2, -0.15) is 0 Å². The summed E-state index contributed by atoms with van der Waals surface area (Å²) in [6, 6.07) is 4.75. The summed E-state index contributed by atoms with van der Waals surface area (Å²) in [6.45, 7) is 2.26. The molecular formula is C13H18ClNO3. The first-order chi connectivity index (χ1) is 8.58. The molecule has 0 fully saturated rings. The SMILES string of the molecule is COCC(CCCl)NC(=O)c1cc(C)ccc1O. The highest BCUT2D eigenvalue weighted by molar-refractivity contribution is 6.17. The van der Waals surface area contributed by atoms with E-state index in [0.717, 1.165) is 5.56 Å². The minimum absolute atomic E-state index is 0.0276. The third kappa shape index (κ3) is 4.20. The fraction of sp³-hybridized carbons (Fsp3) is 0.462. The molecule has 1 aromatic rings. The molecule has 0 aliphatic rings. The molecule has 0 radical (unpaired) electrons. The minimum atomic E-state index is -0.316. The van der Waals surface area contributed by atoms with Gasteiger partial charge < -0.3 is 15.2 Å². The molecule has 1 unspecified atom stereocenters. The van der Waals surface area contributed by atoms with Crippen LogP contribution in [-0.2, 0) is 4.74 Å². The van der Waals surface area contributed by atoms with Crippen molar-refractivity contribution >= 4 is 17.5 Å². The van der Waals surface area contributed by atoms with Crippen molar-refractivity contribution in [2.75, 3.05) is 19.6 Å². The van der Waals surface area contributed by atoms with Gasteiger partial charge in [0, 0.05) is 13.0 Å². The average Bonchev–Trinajstić information content (AvgIpc) is 2.33. The lowest BCUT2D eigenvalue weighted by Crippen LogP contribution is -2.38. The summed E-state index contributed by atoms with van der Waals surface area (Å²) in [7, 11) is 1.57. The molecule has 1 rings (SSSR count). The van der Waals surface area contributed by atoms with Gasteiger partial charge in [0.15, 0.2) is 0 Å². The molecule has 1 aromatic carbocycles. The van der Waals surface area contributed by atoms with Gasteiger partial charge in [-0.25, -0.2) is 0 Å². The maximum Gasteiger partial charge on any atom is 0.255 e. The fourth-order valence-electron chi connectivity index (χ4n) is 1.62. The van der Waals surface area contributed by atoms with Crippen molar-refractivity contribution in [3.8, 4) is 5.75 Å². The van der Waals surface area contributed by atoms with Crippen LogP contribution in [0.2, 0.25) is 0 Å². The molecule has 0 bridgehead atoms. The van der Waals surface area contributed by atoms with Crippen LogP contribution in [0.25, 0.3) is 0 Å². The summed E-state index contributed by atoms with van der Waals surface area (Å²) < 4.78 is 5.01. The Morgan fingerprint density at radius 2 is 2.28 bits per heavy atom. The number of carbonyl (C=O) groups is 1. The fourth-order valence-corrected chi connectivity index (χ4v) is 1.89. The van der Waals surface area contributed by atoms with Gasteiger partial charge >= 0.3 is 0 Å². The Bertz CT molecular complexity index is 403. The number of methoxy groups -OCH3 is 1. The van der Waals surface area contributed by atoms with Gasteiger partial charge in [-0.1, -0.05) is 11.6 Å². The molecule has 0 saturated carbocycles. The molecule has 18 heavy (non-hydrogen) atoms. The first-order valence-electron chi connectivity index (χ1n) is 5.74. The van der Waals surface area contributed by atoms with Crippen molar-refractivity contribution in [1.29, 1.82) is 0 Å². The molecule has 0 saturated heterocycles. The van der Waals surface area contributed by atoms with Crippen LogP contribution in [0, 0.1) is 6.92 Å². The van der Waals surface area contributed by atoms with Crippen molar-refractivity contribution in [2.45, 2.75) is 19.4 Å². The van der Waals surface area contributed by atoms with Crippen LogP contribution < -0.4 is 5.32 Å². The van der Waals surface area contributed by atoms with Crippen LogP contribution in [0.15, 0.2) is 18.2 Å². The van der Waals surface area contributed by atoms with E-state index in [1.54, 1.807) is 19.2 Å². The van der Waals surface area contributed by atoms with Gasteiger partial charge in [0.25, 0.3) is 5.91 Å². The number of carbonyl (C=O) groups excluding carboxylic acids is 1. The van der Waals surface area contributed by atoms with Gasteiger partial charge in [-0.3, -0.25) is 4.79 Å². The van der Waals surface area contributed by atoms with Crippen LogP contribution in [0.1, 0.15) is 22.3 Å². The molecule has 4 nitrogen and oxygen atoms in total. The number of hydrogen-bond donors (Lipinski definition) is 2. The summed E-state index contributed by atoms with van der Waals surface area (Å²) >= 11 is 5.66. The zero-order valence-corrected chi connectivity index (χ0v) is 11.3. The van der Waals surface area contributed by atoms with Crippen molar-refractivity contribution in [3.63, 3.8) is 0 Å². The monoisotopic (exact) mass is 271 g/mol. The lowest BCUT2D eigenvalue weighted by Gasteiger charge is -2.17. The highest BCUT2D eigenvalue weighted by Gasteiger charge is 2.16. The van der Waals surface area contributed by atoms with Crippen molar-refractivity contribution in [2.24, 2.45) is 0 Å². The summed E-state index contributed by atoms with van der Waals surface area (Å²) in [5.74, 6) is 0.0946. The van der Waals surface area contributed by atoms with Crippen molar-refractivity contribution in [3.05, 3.63) is 29.3 Å². The standard InChI is InChI=1S/C13H18ClNO3/c1-9-3-4-12(16)11(7-9)13(17)15-10(5-6-14)8-18-2/h3-4,7,10,16H,5-6,8H2,1-2H3,(H,15,17). The third-order valence-corrected chi connectivity index (χ3v) is 2.78. The Balaban J connectivity index is 2.76. The summed E-state index contributed by atoms with van der Waals surface area (Å²) in [6.07, 6.45) is 0.619. The zero-order valence-electron chi connectivity index (χ0n) is 10.6. The van der Waals surface area contributed by atoms with Crippen LogP contribution in [-0.4, -0.2) is 36.7 Å². The van der Waals surface area contributed by atoms with Crippen LogP contribution in [0.5, 0.6) is 5.75 Å². The van der Waals surface area contributed by atoms with E-state index in [-0.39, 0.29) is 23.3 Å². The predicted molar refractivity (Wildman–Crippen MR) is 71.3 cm³/mol. The molecule has 1 amide bonds. The van der Waals surface area contributed by atoms with E-state index in [9.17, 15) is 9.90 Å². The number of benzene rings is 1. The largest absolute Gasteiger partial charge is 0.507 e. The predicted octanol–water partition coefficient (Wildman–Crippen LogP) is 2.07. The maximum atomic E-state index is 12.0. The maximum absolute atomic E-state index is 12.0. The van der Waals surface area contributed by atoms with Gasteiger partial charge in [-0.05, 0) is 25.5 Å². The number of phenols is 1. The van der Waals surface area contributed by atoms with E-state index in [0.29, 0.717) is 18.9 Å². The van der Waals surface area contributed by atoms with Crippen LogP contribution in [0.3, 0.4) is 0 Å². The minimum Gasteiger partial charge on any atom is -0.507 e. The van der Waals surface area contributed by atoms with E-state index in [1.807, 2.05) is 6.92 Å². The second kappa shape index (κ2) is 7.24. The Labute approximate surface area is 112 Å². The Hall–Kier alpha value is -1.26. The van der Waals surface area contributed by atoms with Gasteiger partial charge in [0.2, 0.25) is 0 Å². The molecule has 0 aliphatic heterocycles.